The number of nitrogens with zero attached hydrogens (tertiary/aromatic N) is 4. The monoisotopic (exact) mass is 306 g/mol. The highest BCUT2D eigenvalue weighted by atomic mass is 16.1. The summed E-state index contributed by atoms with van der Waals surface area (Å²) in [7, 11) is 0. The average Bonchev–Trinajstić information content (AvgIpc) is 2.95. The first kappa shape index (κ1) is 15.0. The molecule has 0 radical (unpaired) electrons. The summed E-state index contributed by atoms with van der Waals surface area (Å²) < 4.78 is 3.56. The lowest BCUT2D eigenvalue weighted by Gasteiger charge is -2.07. The zero-order valence-electron chi connectivity index (χ0n) is 13.0. The van der Waals surface area contributed by atoms with Crippen molar-refractivity contribution in [3.63, 3.8) is 0 Å². The smallest absolute Gasteiger partial charge is 0.269 e. The summed E-state index contributed by atoms with van der Waals surface area (Å²) in [4.78, 5) is 16.4. The largest absolute Gasteiger partial charge is 0.328 e. The first-order valence-corrected chi connectivity index (χ1v) is 7.47. The summed E-state index contributed by atoms with van der Waals surface area (Å²) in [5, 5.41) is 4.12. The summed E-state index contributed by atoms with van der Waals surface area (Å²) in [6.45, 7) is 2.76. The molecule has 0 atom stereocenters. The molecule has 1 aromatic carbocycles. The van der Waals surface area contributed by atoms with Gasteiger partial charge in [0.2, 0.25) is 0 Å². The van der Waals surface area contributed by atoms with Crippen LogP contribution in [0, 0.1) is 6.92 Å². The van der Waals surface area contributed by atoms with E-state index in [4.69, 9.17) is 0 Å². The maximum absolute atomic E-state index is 12.2. The van der Waals surface area contributed by atoms with Gasteiger partial charge in [-0.25, -0.2) is 0 Å². The molecule has 0 bridgehead atoms. The Bertz CT molecular complexity index is 862. The van der Waals surface area contributed by atoms with Crippen molar-refractivity contribution in [1.29, 1.82) is 0 Å². The number of carbonyl (C=O) groups is 1. The molecule has 0 saturated carbocycles. The molecule has 0 aliphatic carbocycles. The van der Waals surface area contributed by atoms with Gasteiger partial charge in [0, 0.05) is 18.9 Å². The molecule has 0 unspecified atom stereocenters. The standard InChI is InChI=1S/C18H18N4O/c1-15-11-19-22(12-15)14-18(23)20-17-9-5-6-10-21(17)13-16-7-3-2-4-8-16/h2-12H,13-14H2,1H3. The molecular weight excluding hydrogens is 288 g/mol. The average molecular weight is 306 g/mol. The van der Waals surface area contributed by atoms with Crippen LogP contribution in [0.15, 0.2) is 72.1 Å². The third-order valence-electron chi connectivity index (χ3n) is 3.41. The van der Waals surface area contributed by atoms with Gasteiger partial charge in [0.05, 0.1) is 6.20 Å². The fourth-order valence-corrected chi connectivity index (χ4v) is 2.34. The van der Waals surface area contributed by atoms with Crippen LogP contribution in [-0.4, -0.2) is 20.3 Å². The van der Waals surface area contributed by atoms with E-state index in [1.807, 2.05) is 60.3 Å². The minimum absolute atomic E-state index is 0.147. The molecule has 3 rings (SSSR count). The molecule has 5 heteroatoms. The quantitative estimate of drug-likeness (QED) is 0.742. The van der Waals surface area contributed by atoms with Crippen molar-refractivity contribution in [3.8, 4) is 0 Å². The fourth-order valence-electron chi connectivity index (χ4n) is 2.34. The maximum atomic E-state index is 12.2. The van der Waals surface area contributed by atoms with Crippen LogP contribution in [0.4, 0.5) is 0 Å². The topological polar surface area (TPSA) is 52.2 Å². The van der Waals surface area contributed by atoms with Crippen molar-refractivity contribution < 1.29 is 4.79 Å². The molecule has 3 aromatic rings. The molecule has 0 spiro atoms. The number of amides is 1. The van der Waals surface area contributed by atoms with Crippen LogP contribution in [0.3, 0.4) is 0 Å². The molecule has 23 heavy (non-hydrogen) atoms. The molecule has 1 amide bonds. The number of hydrogen-bond donors (Lipinski definition) is 0. The number of benzene rings is 1. The van der Waals surface area contributed by atoms with Crippen molar-refractivity contribution in [3.05, 3.63) is 83.7 Å². The second-order valence-corrected chi connectivity index (χ2v) is 5.39. The summed E-state index contributed by atoms with van der Waals surface area (Å²) in [6, 6.07) is 15.8. The number of aryl methyl sites for hydroxylation is 1. The molecule has 0 saturated heterocycles. The second kappa shape index (κ2) is 6.87. The minimum Gasteiger partial charge on any atom is -0.328 e. The summed E-state index contributed by atoms with van der Waals surface area (Å²) in [5.41, 5.74) is 2.83. The van der Waals surface area contributed by atoms with Crippen LogP contribution >= 0.6 is 0 Å². The lowest BCUT2D eigenvalue weighted by Crippen LogP contribution is -2.23. The second-order valence-electron chi connectivity index (χ2n) is 5.39. The van der Waals surface area contributed by atoms with Gasteiger partial charge in [-0.2, -0.15) is 10.1 Å². The van der Waals surface area contributed by atoms with E-state index in [-0.39, 0.29) is 12.5 Å². The minimum atomic E-state index is -0.221. The van der Waals surface area contributed by atoms with Crippen LogP contribution in [-0.2, 0) is 17.9 Å². The third-order valence-corrected chi connectivity index (χ3v) is 3.41. The third kappa shape index (κ3) is 4.03. The molecule has 0 fully saturated rings. The lowest BCUT2D eigenvalue weighted by molar-refractivity contribution is -0.118. The Kier molecular flexibility index (Phi) is 4.47. The van der Waals surface area contributed by atoms with Crippen LogP contribution in [0.2, 0.25) is 0 Å². The van der Waals surface area contributed by atoms with Crippen LogP contribution in [0.5, 0.6) is 0 Å². The fraction of sp³-hybridized carbons (Fsp3) is 0.167. The number of carbonyl (C=O) groups excluding carboxylic acids is 1. The van der Waals surface area contributed by atoms with Gasteiger partial charge < -0.3 is 4.57 Å². The van der Waals surface area contributed by atoms with E-state index in [2.05, 4.69) is 22.2 Å². The molecule has 5 nitrogen and oxygen atoms in total. The van der Waals surface area contributed by atoms with Crippen molar-refractivity contribution >= 4 is 5.91 Å². The van der Waals surface area contributed by atoms with E-state index in [0.29, 0.717) is 12.0 Å². The summed E-state index contributed by atoms with van der Waals surface area (Å²) in [6.07, 6.45) is 5.49. The van der Waals surface area contributed by atoms with Gasteiger partial charge >= 0.3 is 0 Å². The molecule has 116 valence electrons. The number of pyridine rings is 1. The molecule has 2 aromatic heterocycles. The highest BCUT2D eigenvalue weighted by molar-refractivity contribution is 5.76. The lowest BCUT2D eigenvalue weighted by atomic mass is 10.2. The van der Waals surface area contributed by atoms with E-state index < -0.39 is 0 Å². The molecule has 2 heterocycles. The molecule has 0 N–H and O–H groups in total. The van der Waals surface area contributed by atoms with Crippen LogP contribution in [0.1, 0.15) is 11.1 Å². The van der Waals surface area contributed by atoms with Crippen molar-refractivity contribution in [1.82, 2.24) is 14.3 Å². The Labute approximate surface area is 134 Å². The van der Waals surface area contributed by atoms with E-state index in [9.17, 15) is 4.79 Å². The Morgan fingerprint density at radius 3 is 2.65 bits per heavy atom. The summed E-state index contributed by atoms with van der Waals surface area (Å²) >= 11 is 0. The Balaban J connectivity index is 1.83. The van der Waals surface area contributed by atoms with Gasteiger partial charge in [0.1, 0.15) is 12.0 Å². The van der Waals surface area contributed by atoms with Crippen molar-refractivity contribution in [2.75, 3.05) is 0 Å². The zero-order chi connectivity index (χ0) is 16.1. The Morgan fingerprint density at radius 2 is 1.91 bits per heavy atom. The van der Waals surface area contributed by atoms with Gasteiger partial charge in [-0.1, -0.05) is 36.4 Å². The van der Waals surface area contributed by atoms with E-state index >= 15 is 0 Å². The highest BCUT2D eigenvalue weighted by Crippen LogP contribution is 2.00. The number of hydrogen-bond acceptors (Lipinski definition) is 2. The van der Waals surface area contributed by atoms with Crippen LogP contribution < -0.4 is 5.49 Å². The molecular formula is C18H18N4O. The predicted molar refractivity (Wildman–Crippen MR) is 87.5 cm³/mol. The SMILES string of the molecule is Cc1cnn(CC(=O)N=c2ccccn2Cc2ccccc2)c1. The molecule has 0 aliphatic heterocycles. The number of aromatic nitrogens is 3. The van der Waals surface area contributed by atoms with Crippen molar-refractivity contribution in [2.45, 2.75) is 20.0 Å². The van der Waals surface area contributed by atoms with Gasteiger partial charge in [-0.05, 0) is 30.2 Å². The van der Waals surface area contributed by atoms with Gasteiger partial charge in [0.15, 0.2) is 0 Å². The predicted octanol–water partition coefficient (Wildman–Crippen LogP) is 2.17. The van der Waals surface area contributed by atoms with Gasteiger partial charge in [-0.3, -0.25) is 9.48 Å². The molecule has 0 aliphatic rings. The van der Waals surface area contributed by atoms with E-state index in [1.165, 1.54) is 0 Å². The first-order chi connectivity index (χ1) is 11.2. The van der Waals surface area contributed by atoms with Crippen LogP contribution in [0.25, 0.3) is 0 Å². The Morgan fingerprint density at radius 1 is 1.13 bits per heavy atom. The Hall–Kier alpha value is -2.95. The summed E-state index contributed by atoms with van der Waals surface area (Å²) in [5.74, 6) is -0.221. The maximum Gasteiger partial charge on any atom is 0.269 e. The van der Waals surface area contributed by atoms with E-state index in [1.54, 1.807) is 10.9 Å². The van der Waals surface area contributed by atoms with Gasteiger partial charge in [0.25, 0.3) is 5.91 Å². The van der Waals surface area contributed by atoms with Crippen molar-refractivity contribution in [2.24, 2.45) is 4.99 Å². The van der Waals surface area contributed by atoms with Gasteiger partial charge in [-0.15, -0.1) is 0 Å². The van der Waals surface area contributed by atoms with E-state index in [0.717, 1.165) is 11.1 Å². The zero-order valence-corrected chi connectivity index (χ0v) is 13.0. The first-order valence-electron chi connectivity index (χ1n) is 7.47. The normalized spacial score (nSPS) is 11.6. The number of rotatable bonds is 4. The highest BCUT2D eigenvalue weighted by Gasteiger charge is 2.03.